The molecule has 0 saturated heterocycles. The number of aryl methyl sites for hydroxylation is 1. The van der Waals surface area contributed by atoms with Gasteiger partial charge in [0, 0.05) is 16.4 Å². The van der Waals surface area contributed by atoms with E-state index in [-0.39, 0.29) is 0 Å². The summed E-state index contributed by atoms with van der Waals surface area (Å²) < 4.78 is 6.97. The molecule has 0 fully saturated rings. The molecule has 18 heavy (non-hydrogen) atoms. The Morgan fingerprint density at radius 2 is 2.17 bits per heavy atom. The van der Waals surface area contributed by atoms with Crippen molar-refractivity contribution in [3.05, 3.63) is 50.1 Å². The summed E-state index contributed by atoms with van der Waals surface area (Å²) in [5.41, 5.74) is 2.60. The Labute approximate surface area is 127 Å². The van der Waals surface area contributed by atoms with Crippen LogP contribution in [0.3, 0.4) is 0 Å². The van der Waals surface area contributed by atoms with Crippen molar-refractivity contribution in [3.8, 4) is 5.75 Å². The van der Waals surface area contributed by atoms with Crippen LogP contribution in [0.15, 0.2) is 34.1 Å². The normalized spacial score (nSPS) is 19.4. The van der Waals surface area contributed by atoms with Crippen LogP contribution in [-0.2, 0) is 0 Å². The zero-order valence-corrected chi connectivity index (χ0v) is 13.8. The van der Waals surface area contributed by atoms with Crippen LogP contribution < -0.4 is 4.74 Å². The van der Waals surface area contributed by atoms with Gasteiger partial charge in [0.15, 0.2) is 0 Å². The quantitative estimate of drug-likeness (QED) is 0.624. The Morgan fingerprint density at radius 1 is 1.39 bits per heavy atom. The molecule has 0 aliphatic carbocycles. The molecule has 3 rings (SSSR count). The predicted octanol–water partition coefficient (Wildman–Crippen LogP) is 5.43. The lowest BCUT2D eigenvalue weighted by Gasteiger charge is -2.14. The number of para-hydroxylation sites is 1. The maximum Gasteiger partial charge on any atom is 0.122 e. The van der Waals surface area contributed by atoms with Crippen LogP contribution in [0.25, 0.3) is 0 Å². The van der Waals surface area contributed by atoms with Crippen LogP contribution in [-0.4, -0.2) is 6.61 Å². The summed E-state index contributed by atoms with van der Waals surface area (Å²) >= 11 is 9.23. The van der Waals surface area contributed by atoms with Crippen LogP contribution in [0.1, 0.15) is 26.7 Å². The van der Waals surface area contributed by atoms with Gasteiger partial charge >= 0.3 is 0 Å². The minimum absolute atomic E-state index is 0.316. The topological polar surface area (TPSA) is 9.23 Å². The number of hydrogen-bond acceptors (Lipinski definition) is 2. The van der Waals surface area contributed by atoms with E-state index in [0.29, 0.717) is 10.7 Å². The molecular formula is C14H12Br2OS. The van der Waals surface area contributed by atoms with Crippen molar-refractivity contribution in [2.75, 3.05) is 6.61 Å². The minimum atomic E-state index is 0.316. The second-order valence-electron chi connectivity index (χ2n) is 4.46. The summed E-state index contributed by atoms with van der Waals surface area (Å²) in [6.07, 6.45) is 0. The van der Waals surface area contributed by atoms with Crippen molar-refractivity contribution in [2.45, 2.75) is 17.7 Å². The summed E-state index contributed by atoms with van der Waals surface area (Å²) in [6.45, 7) is 2.88. The lowest BCUT2D eigenvalue weighted by Crippen LogP contribution is -2.06. The number of halogens is 2. The lowest BCUT2D eigenvalue weighted by atomic mass is 9.97. The number of thiophene rings is 1. The summed E-state index contributed by atoms with van der Waals surface area (Å²) in [6, 6.07) is 10.6. The third kappa shape index (κ3) is 2.15. The first-order chi connectivity index (χ1) is 8.66. The number of fused-ring (bicyclic) bond motifs is 1. The molecule has 1 aliphatic heterocycles. The molecule has 2 atom stereocenters. The second-order valence-corrected chi connectivity index (χ2v) is 7.85. The van der Waals surface area contributed by atoms with Crippen molar-refractivity contribution in [1.82, 2.24) is 0 Å². The molecule has 1 nitrogen and oxygen atoms in total. The Kier molecular flexibility index (Phi) is 3.52. The summed E-state index contributed by atoms with van der Waals surface area (Å²) in [5.74, 6) is 1.42. The highest BCUT2D eigenvalue weighted by Gasteiger charge is 2.31. The van der Waals surface area contributed by atoms with Crippen LogP contribution in [0.2, 0.25) is 0 Å². The standard InChI is InChI=1S/C14H12Br2OS/c1-8-6-12(18-14(8)16)13(15)10-7-17-11-5-3-2-4-9(10)11/h2-6,10,13H,7H2,1H3. The molecule has 0 amide bonds. The van der Waals surface area contributed by atoms with E-state index in [1.807, 2.05) is 12.1 Å². The highest BCUT2D eigenvalue weighted by Crippen LogP contribution is 2.48. The zero-order chi connectivity index (χ0) is 12.7. The van der Waals surface area contributed by atoms with Crippen molar-refractivity contribution in [1.29, 1.82) is 0 Å². The SMILES string of the molecule is Cc1cc(C(Br)C2COc3ccccc32)sc1Br. The van der Waals surface area contributed by atoms with Crippen LogP contribution in [0.4, 0.5) is 0 Å². The first-order valence-electron chi connectivity index (χ1n) is 5.78. The molecule has 4 heteroatoms. The zero-order valence-electron chi connectivity index (χ0n) is 9.82. The smallest absolute Gasteiger partial charge is 0.122 e. The molecular weight excluding hydrogens is 376 g/mol. The monoisotopic (exact) mass is 386 g/mol. The molecule has 1 aromatic heterocycles. The van der Waals surface area contributed by atoms with Gasteiger partial charge < -0.3 is 4.74 Å². The van der Waals surface area contributed by atoms with Gasteiger partial charge in [-0.05, 0) is 40.5 Å². The molecule has 0 bridgehead atoms. The third-order valence-electron chi connectivity index (χ3n) is 3.24. The van der Waals surface area contributed by atoms with Gasteiger partial charge in [0.2, 0.25) is 0 Å². The molecule has 94 valence electrons. The predicted molar refractivity (Wildman–Crippen MR) is 83.1 cm³/mol. The van der Waals surface area contributed by atoms with E-state index in [9.17, 15) is 0 Å². The Hall–Kier alpha value is -0.320. The van der Waals surface area contributed by atoms with E-state index < -0.39 is 0 Å². The van der Waals surface area contributed by atoms with E-state index in [1.54, 1.807) is 11.3 Å². The van der Waals surface area contributed by atoms with Gasteiger partial charge in [-0.1, -0.05) is 34.1 Å². The molecule has 0 spiro atoms. The Bertz CT molecular complexity index is 559. The number of hydrogen-bond donors (Lipinski definition) is 0. The fraction of sp³-hybridized carbons (Fsp3) is 0.286. The maximum absolute atomic E-state index is 5.75. The average Bonchev–Trinajstić information content (AvgIpc) is 2.93. The Morgan fingerprint density at radius 3 is 2.89 bits per heavy atom. The van der Waals surface area contributed by atoms with Crippen LogP contribution in [0.5, 0.6) is 5.75 Å². The molecule has 0 saturated carbocycles. The molecule has 0 radical (unpaired) electrons. The fourth-order valence-corrected chi connectivity index (χ4v) is 4.71. The van der Waals surface area contributed by atoms with E-state index in [1.165, 1.54) is 19.8 Å². The fourth-order valence-electron chi connectivity index (χ4n) is 2.25. The average molecular weight is 388 g/mol. The van der Waals surface area contributed by atoms with Gasteiger partial charge in [0.25, 0.3) is 0 Å². The highest BCUT2D eigenvalue weighted by molar-refractivity contribution is 9.11. The molecule has 2 unspecified atom stereocenters. The highest BCUT2D eigenvalue weighted by atomic mass is 79.9. The first kappa shape index (κ1) is 12.7. The van der Waals surface area contributed by atoms with Gasteiger partial charge in [-0.3, -0.25) is 0 Å². The van der Waals surface area contributed by atoms with Crippen LogP contribution in [0, 0.1) is 6.92 Å². The van der Waals surface area contributed by atoms with E-state index in [2.05, 4.69) is 57.0 Å². The first-order valence-corrected chi connectivity index (χ1v) is 8.31. The second kappa shape index (κ2) is 4.99. The van der Waals surface area contributed by atoms with Crippen LogP contribution >= 0.6 is 43.2 Å². The van der Waals surface area contributed by atoms with Gasteiger partial charge in [-0.15, -0.1) is 11.3 Å². The molecule has 0 N–H and O–H groups in total. The van der Waals surface area contributed by atoms with E-state index in [0.717, 1.165) is 12.4 Å². The molecule has 2 aromatic rings. The molecule has 2 heterocycles. The largest absolute Gasteiger partial charge is 0.493 e. The number of benzene rings is 1. The molecule has 1 aliphatic rings. The van der Waals surface area contributed by atoms with Gasteiger partial charge in [-0.2, -0.15) is 0 Å². The number of ether oxygens (including phenoxy) is 1. The third-order valence-corrected chi connectivity index (χ3v) is 6.89. The van der Waals surface area contributed by atoms with Gasteiger partial charge in [0.05, 0.1) is 15.2 Å². The Balaban J connectivity index is 1.92. The van der Waals surface area contributed by atoms with Crippen molar-refractivity contribution in [3.63, 3.8) is 0 Å². The summed E-state index contributed by atoms with van der Waals surface area (Å²) in [5, 5.41) is 0. The van der Waals surface area contributed by atoms with E-state index >= 15 is 0 Å². The van der Waals surface area contributed by atoms with Gasteiger partial charge in [-0.25, -0.2) is 0 Å². The maximum atomic E-state index is 5.75. The lowest BCUT2D eigenvalue weighted by molar-refractivity contribution is 0.330. The number of alkyl halides is 1. The number of rotatable bonds is 2. The summed E-state index contributed by atoms with van der Waals surface area (Å²) in [7, 11) is 0. The molecule has 1 aromatic carbocycles. The van der Waals surface area contributed by atoms with E-state index in [4.69, 9.17) is 4.74 Å². The summed E-state index contributed by atoms with van der Waals surface area (Å²) in [4.78, 5) is 1.67. The minimum Gasteiger partial charge on any atom is -0.493 e. The van der Waals surface area contributed by atoms with Gasteiger partial charge in [0.1, 0.15) is 5.75 Å². The van der Waals surface area contributed by atoms with Crippen molar-refractivity contribution < 1.29 is 4.74 Å². The van der Waals surface area contributed by atoms with Crippen molar-refractivity contribution >= 4 is 43.2 Å². The van der Waals surface area contributed by atoms with Crippen molar-refractivity contribution in [2.24, 2.45) is 0 Å².